The summed E-state index contributed by atoms with van der Waals surface area (Å²) in [7, 11) is 3.32. The standard InChI is InChI=1S/2C13H14O4.C9H12O2/c2*1-2-13(15)17-9-3-8-16-12-6-4-11(10-14)5-7-12;1-7-6-8(10-2)4-5-9(7)11-3/h2*2,4-7,10H,1,3,8-9H2;4-6H,1-3H3. The molecule has 0 aliphatic rings. The zero-order valence-electron chi connectivity index (χ0n) is 25.9. The Hall–Kier alpha value is -5.38. The lowest BCUT2D eigenvalue weighted by Gasteiger charge is -2.06. The predicted molar refractivity (Wildman–Crippen MR) is 170 cm³/mol. The fourth-order valence-electron chi connectivity index (χ4n) is 3.22. The Morgan fingerprint density at radius 2 is 1.04 bits per heavy atom. The van der Waals surface area contributed by atoms with Crippen LogP contribution in [0.2, 0.25) is 0 Å². The molecule has 0 saturated carbocycles. The number of ether oxygens (including phenoxy) is 6. The first-order valence-corrected chi connectivity index (χ1v) is 13.9. The van der Waals surface area contributed by atoms with Gasteiger partial charge >= 0.3 is 11.9 Å². The fraction of sp³-hybridized carbons (Fsp3) is 0.257. The van der Waals surface area contributed by atoms with Crippen molar-refractivity contribution >= 4 is 24.5 Å². The summed E-state index contributed by atoms with van der Waals surface area (Å²) in [6.45, 7) is 10.1. The quantitative estimate of drug-likeness (QED) is 0.0814. The normalized spacial score (nSPS) is 9.40. The summed E-state index contributed by atoms with van der Waals surface area (Å²) in [6.07, 6.45) is 5.01. The Morgan fingerprint density at radius 1 is 0.622 bits per heavy atom. The summed E-state index contributed by atoms with van der Waals surface area (Å²) in [4.78, 5) is 42.2. The molecule has 0 unspecified atom stereocenters. The number of aryl methyl sites for hydroxylation is 1. The van der Waals surface area contributed by atoms with E-state index in [1.165, 1.54) is 0 Å². The van der Waals surface area contributed by atoms with E-state index in [9.17, 15) is 19.2 Å². The van der Waals surface area contributed by atoms with Crippen LogP contribution in [0.4, 0.5) is 0 Å². The summed E-state index contributed by atoms with van der Waals surface area (Å²) in [5, 5.41) is 0. The van der Waals surface area contributed by atoms with Gasteiger partial charge in [-0.3, -0.25) is 9.59 Å². The fourth-order valence-corrected chi connectivity index (χ4v) is 3.22. The van der Waals surface area contributed by atoms with Crippen molar-refractivity contribution in [1.29, 1.82) is 0 Å². The smallest absolute Gasteiger partial charge is 0.330 e. The van der Waals surface area contributed by atoms with Gasteiger partial charge in [-0.05, 0) is 79.2 Å². The minimum Gasteiger partial charge on any atom is -0.497 e. The van der Waals surface area contributed by atoms with Gasteiger partial charge in [0.25, 0.3) is 0 Å². The molecule has 0 saturated heterocycles. The lowest BCUT2D eigenvalue weighted by molar-refractivity contribution is -0.138. The van der Waals surface area contributed by atoms with Crippen LogP contribution < -0.4 is 18.9 Å². The molecular weight excluding hydrogens is 580 g/mol. The maximum absolute atomic E-state index is 10.7. The molecule has 0 heterocycles. The van der Waals surface area contributed by atoms with Gasteiger partial charge in [-0.1, -0.05) is 13.2 Å². The molecule has 45 heavy (non-hydrogen) atoms. The predicted octanol–water partition coefficient (Wildman–Crippen LogP) is 6.01. The zero-order chi connectivity index (χ0) is 33.3. The highest BCUT2D eigenvalue weighted by Gasteiger charge is 2.00. The second-order valence-electron chi connectivity index (χ2n) is 8.86. The van der Waals surface area contributed by atoms with Gasteiger partial charge in [0.05, 0.1) is 40.6 Å². The molecule has 0 radical (unpaired) electrons. The first-order valence-electron chi connectivity index (χ1n) is 13.9. The van der Waals surface area contributed by atoms with E-state index < -0.39 is 11.9 Å². The molecule has 10 nitrogen and oxygen atoms in total. The van der Waals surface area contributed by atoms with Crippen LogP contribution in [-0.4, -0.2) is 65.2 Å². The van der Waals surface area contributed by atoms with E-state index in [0.717, 1.165) is 41.8 Å². The minimum atomic E-state index is -0.430. The first-order chi connectivity index (χ1) is 21.8. The molecule has 0 fully saturated rings. The highest BCUT2D eigenvalue weighted by Crippen LogP contribution is 2.22. The van der Waals surface area contributed by atoms with Crippen LogP contribution in [0, 0.1) is 6.92 Å². The highest BCUT2D eigenvalue weighted by molar-refractivity contribution is 5.81. The van der Waals surface area contributed by atoms with Crippen molar-refractivity contribution in [3.05, 3.63) is 109 Å². The molecule has 3 aromatic carbocycles. The van der Waals surface area contributed by atoms with Crippen LogP contribution in [0.5, 0.6) is 23.0 Å². The number of hydrogen-bond donors (Lipinski definition) is 0. The summed E-state index contributed by atoms with van der Waals surface area (Å²) in [5.74, 6) is 2.27. The molecule has 10 heteroatoms. The van der Waals surface area contributed by atoms with Crippen LogP contribution in [-0.2, 0) is 19.1 Å². The summed E-state index contributed by atoms with van der Waals surface area (Å²) < 4.78 is 30.5. The van der Waals surface area contributed by atoms with E-state index in [1.54, 1.807) is 62.8 Å². The Labute approximate surface area is 264 Å². The first kappa shape index (κ1) is 37.6. The molecule has 0 aromatic heterocycles. The lowest BCUT2D eigenvalue weighted by Crippen LogP contribution is -2.06. The molecule has 0 aliphatic heterocycles. The number of hydrogen-bond acceptors (Lipinski definition) is 10. The lowest BCUT2D eigenvalue weighted by atomic mass is 10.2. The Balaban J connectivity index is 0.000000346. The van der Waals surface area contributed by atoms with Crippen molar-refractivity contribution in [3.8, 4) is 23.0 Å². The minimum absolute atomic E-state index is 0.303. The second-order valence-corrected chi connectivity index (χ2v) is 8.86. The van der Waals surface area contributed by atoms with Crippen molar-refractivity contribution in [2.45, 2.75) is 19.8 Å². The maximum Gasteiger partial charge on any atom is 0.330 e. The van der Waals surface area contributed by atoms with Crippen molar-refractivity contribution in [1.82, 2.24) is 0 Å². The van der Waals surface area contributed by atoms with Crippen molar-refractivity contribution in [3.63, 3.8) is 0 Å². The molecule has 0 aliphatic carbocycles. The topological polar surface area (TPSA) is 124 Å². The largest absolute Gasteiger partial charge is 0.497 e. The Bertz CT molecular complexity index is 1250. The average Bonchev–Trinajstić information content (AvgIpc) is 3.08. The monoisotopic (exact) mass is 620 g/mol. The van der Waals surface area contributed by atoms with Gasteiger partial charge in [-0.15, -0.1) is 0 Å². The van der Waals surface area contributed by atoms with Crippen molar-refractivity contribution in [2.24, 2.45) is 0 Å². The number of carbonyl (C=O) groups excluding carboxylic acids is 4. The van der Waals surface area contributed by atoms with Crippen molar-refractivity contribution in [2.75, 3.05) is 40.6 Å². The van der Waals surface area contributed by atoms with Gasteiger partial charge in [-0.2, -0.15) is 0 Å². The molecule has 0 spiro atoms. The average molecular weight is 621 g/mol. The van der Waals surface area contributed by atoms with Crippen LogP contribution in [0.3, 0.4) is 0 Å². The van der Waals surface area contributed by atoms with Gasteiger partial charge in [0, 0.05) is 36.1 Å². The molecular formula is C35H40O10. The third kappa shape index (κ3) is 16.7. The van der Waals surface area contributed by atoms with Crippen molar-refractivity contribution < 1.29 is 47.6 Å². The van der Waals surface area contributed by atoms with E-state index in [4.69, 9.17) is 28.4 Å². The van der Waals surface area contributed by atoms with Crippen LogP contribution >= 0.6 is 0 Å². The van der Waals surface area contributed by atoms with Crippen LogP contribution in [0.15, 0.2) is 92.0 Å². The number of rotatable bonds is 16. The second kappa shape index (κ2) is 23.1. The van der Waals surface area contributed by atoms with Gasteiger partial charge in [0.15, 0.2) is 0 Å². The number of benzene rings is 3. The van der Waals surface area contributed by atoms with Crippen LogP contribution in [0.25, 0.3) is 0 Å². The maximum atomic E-state index is 10.7. The molecule has 0 atom stereocenters. The molecule has 0 bridgehead atoms. The zero-order valence-corrected chi connectivity index (χ0v) is 25.9. The number of aldehydes is 2. The third-order valence-corrected chi connectivity index (χ3v) is 5.57. The molecule has 240 valence electrons. The molecule has 0 amide bonds. The molecule has 3 rings (SSSR count). The summed E-state index contributed by atoms with van der Waals surface area (Å²) in [5.41, 5.74) is 2.31. The van der Waals surface area contributed by atoms with E-state index in [2.05, 4.69) is 13.2 Å². The highest BCUT2D eigenvalue weighted by atomic mass is 16.5. The van der Waals surface area contributed by atoms with E-state index in [-0.39, 0.29) is 0 Å². The number of carbonyl (C=O) groups is 4. The third-order valence-electron chi connectivity index (χ3n) is 5.57. The number of methoxy groups -OCH3 is 2. The van der Waals surface area contributed by atoms with Crippen LogP contribution in [0.1, 0.15) is 39.1 Å². The summed E-state index contributed by atoms with van der Waals surface area (Å²) in [6, 6.07) is 19.3. The van der Waals surface area contributed by atoms with E-state index >= 15 is 0 Å². The summed E-state index contributed by atoms with van der Waals surface area (Å²) >= 11 is 0. The number of esters is 2. The van der Waals surface area contributed by atoms with Gasteiger partial charge in [-0.25, -0.2) is 9.59 Å². The molecule has 0 N–H and O–H groups in total. The SMILES string of the molecule is C=CC(=O)OCCCOc1ccc(C=O)cc1.C=CC(=O)OCCCOc1ccc(C=O)cc1.COc1ccc(OC)c(C)c1. The van der Waals surface area contributed by atoms with E-state index in [1.807, 2.05) is 25.1 Å². The van der Waals surface area contributed by atoms with Gasteiger partial charge < -0.3 is 28.4 Å². The van der Waals surface area contributed by atoms with E-state index in [0.29, 0.717) is 61.9 Å². The Morgan fingerprint density at radius 3 is 1.38 bits per heavy atom. The van der Waals surface area contributed by atoms with Gasteiger partial charge in [0.1, 0.15) is 35.6 Å². The van der Waals surface area contributed by atoms with Gasteiger partial charge in [0.2, 0.25) is 0 Å². The molecule has 3 aromatic rings. The Kier molecular flexibility index (Phi) is 19.3.